The third kappa shape index (κ3) is 4.42. The maximum atomic E-state index is 12.9. The van der Waals surface area contributed by atoms with Gasteiger partial charge in [0.25, 0.3) is 0 Å². The first kappa shape index (κ1) is 19.5. The molecule has 0 aliphatic heterocycles. The van der Waals surface area contributed by atoms with Gasteiger partial charge in [-0.3, -0.25) is 4.79 Å². The van der Waals surface area contributed by atoms with Crippen molar-refractivity contribution in [1.82, 2.24) is 0 Å². The standard InChI is InChI=1S/C23H32O2/c1-7-14-22(4,5)25-20-13-12-17-15-19(11-10-18(17)16-20)21(24)23(6,8-2)9-3/h10-13,15-16H,7-9,14H2,1-6H3. The van der Waals surface area contributed by atoms with Crippen molar-refractivity contribution in [2.24, 2.45) is 5.41 Å². The van der Waals surface area contributed by atoms with Gasteiger partial charge in [-0.05, 0) is 62.1 Å². The van der Waals surface area contributed by atoms with Gasteiger partial charge in [0.2, 0.25) is 0 Å². The van der Waals surface area contributed by atoms with E-state index in [2.05, 4.69) is 53.7 Å². The molecule has 0 N–H and O–H groups in total. The molecular weight excluding hydrogens is 308 g/mol. The van der Waals surface area contributed by atoms with Gasteiger partial charge in [-0.15, -0.1) is 0 Å². The summed E-state index contributed by atoms with van der Waals surface area (Å²) in [7, 11) is 0. The van der Waals surface area contributed by atoms with Gasteiger partial charge in [-0.1, -0.05) is 52.3 Å². The first-order valence-electron chi connectivity index (χ1n) is 9.52. The minimum absolute atomic E-state index is 0.164. The van der Waals surface area contributed by atoms with Crippen molar-refractivity contribution in [2.75, 3.05) is 0 Å². The minimum atomic E-state index is -0.277. The summed E-state index contributed by atoms with van der Waals surface area (Å²) in [5.41, 5.74) is 0.363. The molecule has 0 radical (unpaired) electrons. The van der Waals surface area contributed by atoms with Crippen LogP contribution in [0, 0.1) is 5.41 Å². The highest BCUT2D eigenvalue weighted by atomic mass is 16.5. The number of hydrogen-bond donors (Lipinski definition) is 0. The van der Waals surface area contributed by atoms with Crippen LogP contribution >= 0.6 is 0 Å². The third-order valence-corrected chi connectivity index (χ3v) is 5.43. The lowest BCUT2D eigenvalue weighted by atomic mass is 9.77. The van der Waals surface area contributed by atoms with E-state index < -0.39 is 0 Å². The molecule has 0 heterocycles. The molecule has 0 fully saturated rings. The largest absolute Gasteiger partial charge is 0.488 e. The fourth-order valence-corrected chi connectivity index (χ4v) is 3.32. The predicted molar refractivity (Wildman–Crippen MR) is 107 cm³/mol. The van der Waals surface area contributed by atoms with Crippen LogP contribution in [0.15, 0.2) is 36.4 Å². The zero-order chi connectivity index (χ0) is 18.7. The van der Waals surface area contributed by atoms with E-state index in [4.69, 9.17) is 4.74 Å². The van der Waals surface area contributed by atoms with E-state index >= 15 is 0 Å². The van der Waals surface area contributed by atoms with Crippen molar-refractivity contribution in [3.05, 3.63) is 42.0 Å². The summed E-state index contributed by atoms with van der Waals surface area (Å²) < 4.78 is 6.15. The summed E-state index contributed by atoms with van der Waals surface area (Å²) in [6.07, 6.45) is 3.84. The second-order valence-corrected chi connectivity index (χ2v) is 7.93. The fourth-order valence-electron chi connectivity index (χ4n) is 3.32. The summed E-state index contributed by atoms with van der Waals surface area (Å²) >= 11 is 0. The van der Waals surface area contributed by atoms with Crippen LogP contribution in [-0.4, -0.2) is 11.4 Å². The molecule has 0 bridgehead atoms. The average molecular weight is 341 g/mol. The van der Waals surface area contributed by atoms with Gasteiger partial charge in [-0.25, -0.2) is 0 Å². The van der Waals surface area contributed by atoms with E-state index in [-0.39, 0.29) is 16.8 Å². The fraction of sp³-hybridized carbons (Fsp3) is 0.522. The zero-order valence-electron chi connectivity index (χ0n) is 16.6. The van der Waals surface area contributed by atoms with Crippen LogP contribution in [0.5, 0.6) is 5.75 Å². The van der Waals surface area contributed by atoms with Crippen molar-refractivity contribution >= 4 is 16.6 Å². The van der Waals surface area contributed by atoms with Crippen molar-refractivity contribution < 1.29 is 9.53 Å². The van der Waals surface area contributed by atoms with Gasteiger partial charge in [0.05, 0.1) is 0 Å². The van der Waals surface area contributed by atoms with Gasteiger partial charge in [0.15, 0.2) is 5.78 Å². The average Bonchev–Trinajstić information content (AvgIpc) is 2.59. The summed E-state index contributed by atoms with van der Waals surface area (Å²) in [6, 6.07) is 12.1. The number of benzene rings is 2. The molecule has 2 rings (SSSR count). The normalized spacial score (nSPS) is 12.4. The van der Waals surface area contributed by atoms with Crippen LogP contribution in [0.1, 0.15) is 77.6 Å². The molecule has 0 aliphatic rings. The monoisotopic (exact) mass is 340 g/mol. The van der Waals surface area contributed by atoms with Crippen LogP contribution in [0.4, 0.5) is 0 Å². The molecule has 2 nitrogen and oxygen atoms in total. The maximum absolute atomic E-state index is 12.9. The molecule has 0 spiro atoms. The lowest BCUT2D eigenvalue weighted by Crippen LogP contribution is -2.27. The summed E-state index contributed by atoms with van der Waals surface area (Å²) in [6.45, 7) is 12.7. The van der Waals surface area contributed by atoms with Crippen molar-refractivity contribution in [3.63, 3.8) is 0 Å². The van der Waals surface area contributed by atoms with Gasteiger partial charge in [-0.2, -0.15) is 0 Å². The van der Waals surface area contributed by atoms with E-state index in [0.29, 0.717) is 0 Å². The molecule has 0 atom stereocenters. The molecule has 136 valence electrons. The van der Waals surface area contributed by atoms with E-state index in [1.807, 2.05) is 24.3 Å². The molecule has 0 amide bonds. The lowest BCUT2D eigenvalue weighted by molar-refractivity contribution is 0.0803. The van der Waals surface area contributed by atoms with Crippen molar-refractivity contribution in [3.8, 4) is 5.75 Å². The van der Waals surface area contributed by atoms with Gasteiger partial charge in [0.1, 0.15) is 11.4 Å². The number of hydrogen-bond acceptors (Lipinski definition) is 2. The molecule has 0 unspecified atom stereocenters. The van der Waals surface area contributed by atoms with E-state index in [1.54, 1.807) is 0 Å². The second kappa shape index (κ2) is 7.59. The van der Waals surface area contributed by atoms with Crippen LogP contribution < -0.4 is 4.74 Å². The van der Waals surface area contributed by atoms with Crippen LogP contribution in [0.2, 0.25) is 0 Å². The van der Waals surface area contributed by atoms with Crippen LogP contribution in [0.3, 0.4) is 0 Å². The van der Waals surface area contributed by atoms with Crippen LogP contribution in [0.25, 0.3) is 10.8 Å². The Morgan fingerprint density at radius 2 is 1.52 bits per heavy atom. The van der Waals surface area contributed by atoms with Crippen LogP contribution in [-0.2, 0) is 0 Å². The Labute approximate surface area is 152 Å². The molecule has 2 heteroatoms. The first-order valence-corrected chi connectivity index (χ1v) is 9.52. The Hall–Kier alpha value is -1.83. The van der Waals surface area contributed by atoms with Gasteiger partial charge >= 0.3 is 0 Å². The Kier molecular flexibility index (Phi) is 5.92. The second-order valence-electron chi connectivity index (χ2n) is 7.93. The van der Waals surface area contributed by atoms with E-state index in [0.717, 1.165) is 47.8 Å². The number of rotatable bonds is 8. The molecule has 0 aliphatic carbocycles. The highest BCUT2D eigenvalue weighted by molar-refractivity contribution is 6.03. The Morgan fingerprint density at radius 1 is 0.920 bits per heavy atom. The number of Topliss-reactive ketones (excluding diaryl/α,β-unsaturated/α-hetero) is 1. The Bertz CT molecular complexity index is 739. The number of carbonyl (C=O) groups is 1. The molecule has 25 heavy (non-hydrogen) atoms. The zero-order valence-corrected chi connectivity index (χ0v) is 16.6. The number of carbonyl (C=O) groups excluding carboxylic acids is 1. The summed E-state index contributed by atoms with van der Waals surface area (Å²) in [5, 5.41) is 2.19. The summed E-state index contributed by atoms with van der Waals surface area (Å²) in [5.74, 6) is 1.13. The first-order chi connectivity index (χ1) is 11.7. The number of fused-ring (bicyclic) bond motifs is 1. The summed E-state index contributed by atoms with van der Waals surface area (Å²) in [4.78, 5) is 12.9. The smallest absolute Gasteiger partial charge is 0.168 e. The van der Waals surface area contributed by atoms with Crippen molar-refractivity contribution in [2.45, 2.75) is 72.8 Å². The molecule has 0 saturated heterocycles. The quantitative estimate of drug-likeness (QED) is 0.494. The van der Waals surface area contributed by atoms with Gasteiger partial charge in [0, 0.05) is 11.0 Å². The highest BCUT2D eigenvalue weighted by Crippen LogP contribution is 2.32. The molecule has 0 aromatic heterocycles. The molecular formula is C23H32O2. The molecule has 0 saturated carbocycles. The number of ketones is 1. The number of ether oxygens (including phenoxy) is 1. The van der Waals surface area contributed by atoms with E-state index in [1.165, 1.54) is 0 Å². The predicted octanol–water partition coefficient (Wildman–Crippen LogP) is 6.81. The minimum Gasteiger partial charge on any atom is -0.488 e. The molecule has 2 aromatic rings. The third-order valence-electron chi connectivity index (χ3n) is 5.43. The van der Waals surface area contributed by atoms with Crippen molar-refractivity contribution in [1.29, 1.82) is 0 Å². The maximum Gasteiger partial charge on any atom is 0.168 e. The van der Waals surface area contributed by atoms with Gasteiger partial charge < -0.3 is 4.74 Å². The lowest BCUT2D eigenvalue weighted by Gasteiger charge is -2.26. The van der Waals surface area contributed by atoms with E-state index in [9.17, 15) is 4.79 Å². The Balaban J connectivity index is 2.31. The SMILES string of the molecule is CCCC(C)(C)Oc1ccc2cc(C(=O)C(C)(CC)CC)ccc2c1. The highest BCUT2D eigenvalue weighted by Gasteiger charge is 2.30. The topological polar surface area (TPSA) is 26.3 Å². The molecule has 2 aromatic carbocycles. The Morgan fingerprint density at radius 3 is 2.12 bits per heavy atom.